The summed E-state index contributed by atoms with van der Waals surface area (Å²) in [7, 11) is 1.49. The van der Waals surface area contributed by atoms with Gasteiger partial charge in [0.2, 0.25) is 0 Å². The summed E-state index contributed by atoms with van der Waals surface area (Å²) in [5.41, 5.74) is 0.692. The van der Waals surface area contributed by atoms with Crippen molar-refractivity contribution in [1.29, 1.82) is 0 Å². The van der Waals surface area contributed by atoms with Gasteiger partial charge in [-0.05, 0) is 32.9 Å². The lowest BCUT2D eigenvalue weighted by Crippen LogP contribution is -2.31. The zero-order valence-corrected chi connectivity index (χ0v) is 12.8. The molecule has 0 radical (unpaired) electrons. The summed E-state index contributed by atoms with van der Waals surface area (Å²) < 4.78 is 19.1. The molecule has 0 spiro atoms. The van der Waals surface area contributed by atoms with E-state index in [0.29, 0.717) is 23.9 Å². The Balaban J connectivity index is 2.80. The molecule has 1 aromatic carbocycles. The van der Waals surface area contributed by atoms with Crippen molar-refractivity contribution in [3.05, 3.63) is 29.6 Å². The molecule has 0 saturated heterocycles. The molecule has 0 aromatic heterocycles. The number of ether oxygens (including phenoxy) is 1. The molecule has 0 N–H and O–H groups in total. The van der Waals surface area contributed by atoms with Crippen LogP contribution in [0.15, 0.2) is 18.2 Å². The quantitative estimate of drug-likeness (QED) is 0.709. The minimum Gasteiger partial charge on any atom is -0.494 e. The third-order valence-corrected chi connectivity index (χ3v) is 3.51. The van der Waals surface area contributed by atoms with Crippen LogP contribution in [0.4, 0.5) is 4.39 Å². The van der Waals surface area contributed by atoms with Crippen molar-refractivity contribution in [3.8, 4) is 5.75 Å². The number of hydrogen-bond donors (Lipinski definition) is 0. The normalized spacial score (nSPS) is 11.3. The molecule has 0 aliphatic heterocycles. The predicted molar refractivity (Wildman–Crippen MR) is 76.9 cm³/mol. The second kappa shape index (κ2) is 7.74. The minimum atomic E-state index is -0.246. The molecule has 0 aliphatic rings. The lowest BCUT2D eigenvalue weighted by molar-refractivity contribution is 0.210. The second-order valence-electron chi connectivity index (χ2n) is 4.54. The third kappa shape index (κ3) is 4.25. The van der Waals surface area contributed by atoms with Crippen LogP contribution in [0.3, 0.4) is 0 Å². The molecule has 0 atom stereocenters. The van der Waals surface area contributed by atoms with Crippen LogP contribution in [-0.2, 0) is 6.54 Å². The van der Waals surface area contributed by atoms with Crippen LogP contribution >= 0.6 is 15.9 Å². The minimum absolute atomic E-state index is 0.246. The smallest absolute Gasteiger partial charge is 0.169 e. The van der Waals surface area contributed by atoms with Gasteiger partial charge < -0.3 is 4.74 Å². The summed E-state index contributed by atoms with van der Waals surface area (Å²) in [5.74, 6) is 0.0705. The molecule has 102 valence electrons. The fourth-order valence-electron chi connectivity index (χ4n) is 1.84. The van der Waals surface area contributed by atoms with E-state index in [-0.39, 0.29) is 5.82 Å². The van der Waals surface area contributed by atoms with E-state index in [2.05, 4.69) is 34.7 Å². The van der Waals surface area contributed by atoms with Gasteiger partial charge in [-0.3, -0.25) is 4.90 Å². The topological polar surface area (TPSA) is 12.5 Å². The van der Waals surface area contributed by atoms with Crippen LogP contribution in [0.1, 0.15) is 25.8 Å². The van der Waals surface area contributed by atoms with Crippen molar-refractivity contribution in [2.24, 2.45) is 0 Å². The SMILES string of the molecule is COc1cccc(CN(CCCBr)C(C)C)c1F. The van der Waals surface area contributed by atoms with E-state index in [9.17, 15) is 4.39 Å². The fraction of sp³-hybridized carbons (Fsp3) is 0.571. The van der Waals surface area contributed by atoms with Gasteiger partial charge in [0.25, 0.3) is 0 Å². The Morgan fingerprint density at radius 1 is 1.39 bits per heavy atom. The molecule has 2 nitrogen and oxygen atoms in total. The Morgan fingerprint density at radius 2 is 2.11 bits per heavy atom. The molecule has 0 amide bonds. The van der Waals surface area contributed by atoms with Crippen LogP contribution in [-0.4, -0.2) is 29.9 Å². The molecule has 0 bridgehead atoms. The number of rotatable bonds is 7. The van der Waals surface area contributed by atoms with Crippen molar-refractivity contribution in [1.82, 2.24) is 4.90 Å². The number of methoxy groups -OCH3 is 1. The van der Waals surface area contributed by atoms with Gasteiger partial charge in [-0.1, -0.05) is 28.1 Å². The molecule has 0 saturated carbocycles. The average molecular weight is 318 g/mol. The molecule has 0 fully saturated rings. The van der Waals surface area contributed by atoms with E-state index >= 15 is 0 Å². The Labute approximate surface area is 117 Å². The summed E-state index contributed by atoms with van der Waals surface area (Å²) in [6, 6.07) is 5.70. The summed E-state index contributed by atoms with van der Waals surface area (Å²) in [6.45, 7) is 5.84. The lowest BCUT2D eigenvalue weighted by Gasteiger charge is -2.26. The summed E-state index contributed by atoms with van der Waals surface area (Å²) in [5, 5.41) is 0.969. The molecule has 0 aliphatic carbocycles. The highest BCUT2D eigenvalue weighted by Gasteiger charge is 2.14. The molecule has 1 rings (SSSR count). The monoisotopic (exact) mass is 317 g/mol. The van der Waals surface area contributed by atoms with Crippen LogP contribution in [0.25, 0.3) is 0 Å². The number of benzene rings is 1. The van der Waals surface area contributed by atoms with Gasteiger partial charge in [0, 0.05) is 23.5 Å². The highest BCUT2D eigenvalue weighted by molar-refractivity contribution is 9.09. The van der Waals surface area contributed by atoms with E-state index < -0.39 is 0 Å². The second-order valence-corrected chi connectivity index (χ2v) is 5.33. The van der Waals surface area contributed by atoms with E-state index in [4.69, 9.17) is 4.74 Å². The number of hydrogen-bond acceptors (Lipinski definition) is 2. The molecule has 1 aromatic rings. The first-order chi connectivity index (χ1) is 8.60. The van der Waals surface area contributed by atoms with E-state index in [0.717, 1.165) is 18.3 Å². The van der Waals surface area contributed by atoms with E-state index in [1.165, 1.54) is 7.11 Å². The summed E-state index contributed by atoms with van der Waals surface area (Å²) in [4.78, 5) is 2.26. The Bertz CT molecular complexity index is 371. The first-order valence-electron chi connectivity index (χ1n) is 6.21. The molecule has 0 heterocycles. The van der Waals surface area contributed by atoms with Crippen LogP contribution in [0, 0.1) is 5.82 Å². The molecular formula is C14H21BrFNO. The van der Waals surface area contributed by atoms with Gasteiger partial charge in [0.05, 0.1) is 7.11 Å². The Morgan fingerprint density at radius 3 is 2.67 bits per heavy atom. The van der Waals surface area contributed by atoms with Crippen molar-refractivity contribution in [2.75, 3.05) is 19.0 Å². The predicted octanol–water partition coefficient (Wildman–Crippen LogP) is 3.83. The average Bonchev–Trinajstić information content (AvgIpc) is 2.36. The van der Waals surface area contributed by atoms with Crippen molar-refractivity contribution >= 4 is 15.9 Å². The van der Waals surface area contributed by atoms with E-state index in [1.807, 2.05) is 12.1 Å². The molecule has 18 heavy (non-hydrogen) atoms. The maximum atomic E-state index is 14.1. The lowest BCUT2D eigenvalue weighted by atomic mass is 10.1. The van der Waals surface area contributed by atoms with Crippen LogP contribution in [0.5, 0.6) is 5.75 Å². The van der Waals surface area contributed by atoms with Crippen LogP contribution in [0.2, 0.25) is 0 Å². The maximum Gasteiger partial charge on any atom is 0.169 e. The summed E-state index contributed by atoms with van der Waals surface area (Å²) >= 11 is 3.43. The van der Waals surface area contributed by atoms with E-state index in [1.54, 1.807) is 6.07 Å². The standard InChI is InChI=1S/C14H21BrFNO/c1-11(2)17(9-5-8-15)10-12-6-4-7-13(18-3)14(12)16/h4,6-7,11H,5,8-10H2,1-3H3. The third-order valence-electron chi connectivity index (χ3n) is 2.95. The fourth-order valence-corrected chi connectivity index (χ4v) is 2.09. The van der Waals surface area contributed by atoms with Gasteiger partial charge in [-0.25, -0.2) is 4.39 Å². The van der Waals surface area contributed by atoms with Gasteiger partial charge in [-0.2, -0.15) is 0 Å². The first kappa shape index (κ1) is 15.4. The molecule has 4 heteroatoms. The zero-order valence-electron chi connectivity index (χ0n) is 11.2. The highest BCUT2D eigenvalue weighted by atomic mass is 79.9. The van der Waals surface area contributed by atoms with Crippen molar-refractivity contribution in [2.45, 2.75) is 32.9 Å². The van der Waals surface area contributed by atoms with Gasteiger partial charge in [-0.15, -0.1) is 0 Å². The molecule has 0 unspecified atom stereocenters. The first-order valence-corrected chi connectivity index (χ1v) is 7.33. The molecular weight excluding hydrogens is 297 g/mol. The Hall–Kier alpha value is -0.610. The van der Waals surface area contributed by atoms with Gasteiger partial charge in [0.15, 0.2) is 11.6 Å². The maximum absolute atomic E-state index is 14.1. The highest BCUT2D eigenvalue weighted by Crippen LogP contribution is 2.21. The Kier molecular flexibility index (Phi) is 6.65. The zero-order chi connectivity index (χ0) is 13.5. The number of alkyl halides is 1. The summed E-state index contributed by atoms with van der Waals surface area (Å²) in [6.07, 6.45) is 1.06. The van der Waals surface area contributed by atoms with Gasteiger partial charge in [0.1, 0.15) is 0 Å². The van der Waals surface area contributed by atoms with Crippen molar-refractivity contribution in [3.63, 3.8) is 0 Å². The van der Waals surface area contributed by atoms with Crippen molar-refractivity contribution < 1.29 is 9.13 Å². The number of halogens is 2. The largest absolute Gasteiger partial charge is 0.494 e. The van der Waals surface area contributed by atoms with Gasteiger partial charge >= 0.3 is 0 Å². The van der Waals surface area contributed by atoms with Crippen LogP contribution < -0.4 is 4.74 Å². The number of nitrogens with zero attached hydrogens (tertiary/aromatic N) is 1.